The van der Waals surface area contributed by atoms with Gasteiger partial charge in [0.15, 0.2) is 0 Å². The summed E-state index contributed by atoms with van der Waals surface area (Å²) in [4.78, 5) is 0. The van der Waals surface area contributed by atoms with Crippen LogP contribution >= 0.6 is 0 Å². The molecule has 4 aromatic carbocycles. The Kier molecular flexibility index (Phi) is 6.13. The minimum atomic E-state index is -0.409. The van der Waals surface area contributed by atoms with Crippen molar-refractivity contribution in [1.82, 2.24) is 0 Å². The monoisotopic (exact) mass is 456 g/mol. The van der Waals surface area contributed by atoms with Gasteiger partial charge < -0.3 is 9.31 Å². The number of benzene rings is 4. The van der Waals surface area contributed by atoms with E-state index in [1.807, 2.05) is 30.3 Å². The summed E-state index contributed by atoms with van der Waals surface area (Å²) in [6.45, 7) is 8.23. The van der Waals surface area contributed by atoms with E-state index >= 15 is 0 Å². The van der Waals surface area contributed by atoms with Gasteiger partial charge in [0.2, 0.25) is 0 Å². The standard InChI is InChI=1S/C28H22B6O2/c1-27(2)28(3,4)36-34(35-27)20-7-5-6-15(14-20)16-8-9-18-13-19(11-10-17(18)12-16)21-22(29)24(31)26(33)25(32)23(21)30/h5-14H,1-4H3. The lowest BCUT2D eigenvalue weighted by Gasteiger charge is -2.32. The number of hydrogen-bond donors (Lipinski definition) is 0. The molecule has 8 heteroatoms. The third-order valence-corrected chi connectivity index (χ3v) is 7.57. The first-order chi connectivity index (χ1) is 16.9. The zero-order valence-electron chi connectivity index (χ0n) is 21.1. The van der Waals surface area contributed by atoms with Crippen LogP contribution in [0.25, 0.3) is 33.0 Å². The topological polar surface area (TPSA) is 18.5 Å². The van der Waals surface area contributed by atoms with E-state index in [9.17, 15) is 0 Å². The Hall–Kier alpha value is -2.55. The highest BCUT2D eigenvalue weighted by molar-refractivity contribution is 6.68. The van der Waals surface area contributed by atoms with Crippen molar-refractivity contribution in [1.29, 1.82) is 0 Å². The molecule has 0 saturated carbocycles. The van der Waals surface area contributed by atoms with E-state index in [-0.39, 0.29) is 27.6 Å². The summed E-state index contributed by atoms with van der Waals surface area (Å²) < 4.78 is 12.5. The Morgan fingerprint density at radius 3 is 1.61 bits per heavy atom. The summed E-state index contributed by atoms with van der Waals surface area (Å²) >= 11 is 0. The van der Waals surface area contributed by atoms with E-state index in [1.165, 1.54) is 0 Å². The molecule has 5 rings (SSSR count). The SMILES string of the molecule is [B]c1c([B])c([B])c(-c2ccc3cc(-c4cccc(B5OC(C)(C)C(C)(C)O5)c4)ccc3c2)c([B])c1[B]. The molecule has 0 aliphatic carbocycles. The maximum Gasteiger partial charge on any atom is 0.494 e. The summed E-state index contributed by atoms with van der Waals surface area (Å²) in [7, 11) is 30.2. The summed E-state index contributed by atoms with van der Waals surface area (Å²) in [6.07, 6.45) is 0. The van der Waals surface area contributed by atoms with Crippen LogP contribution in [0.1, 0.15) is 27.7 Å². The van der Waals surface area contributed by atoms with Crippen LogP contribution in [-0.2, 0) is 9.31 Å². The van der Waals surface area contributed by atoms with Gasteiger partial charge in [0.1, 0.15) is 39.2 Å². The van der Waals surface area contributed by atoms with E-state index in [4.69, 9.17) is 48.5 Å². The molecule has 0 N–H and O–H groups in total. The fourth-order valence-corrected chi connectivity index (χ4v) is 4.59. The summed E-state index contributed by atoms with van der Waals surface area (Å²) in [5.74, 6) is 0. The van der Waals surface area contributed by atoms with Crippen LogP contribution in [0.2, 0.25) is 0 Å². The Bertz CT molecular complexity index is 1470. The molecule has 0 atom stereocenters. The van der Waals surface area contributed by atoms with Crippen LogP contribution in [0.15, 0.2) is 60.7 Å². The molecular weight excluding hydrogens is 433 g/mol. The van der Waals surface area contributed by atoms with E-state index < -0.39 is 7.12 Å². The van der Waals surface area contributed by atoms with Crippen LogP contribution < -0.4 is 32.8 Å². The van der Waals surface area contributed by atoms with Crippen molar-refractivity contribution in [2.24, 2.45) is 0 Å². The Morgan fingerprint density at radius 2 is 1.03 bits per heavy atom. The smallest absolute Gasteiger partial charge is 0.399 e. The van der Waals surface area contributed by atoms with Crippen molar-refractivity contribution in [3.8, 4) is 22.3 Å². The summed E-state index contributed by atoms with van der Waals surface area (Å²) in [5, 5.41) is 2.11. The van der Waals surface area contributed by atoms with E-state index in [0.717, 1.165) is 32.9 Å². The highest BCUT2D eigenvalue weighted by Gasteiger charge is 2.51. The second-order valence-corrected chi connectivity index (χ2v) is 10.4. The maximum absolute atomic E-state index is 6.27. The molecule has 2 nitrogen and oxygen atoms in total. The third-order valence-electron chi connectivity index (χ3n) is 7.57. The lowest BCUT2D eigenvalue weighted by Crippen LogP contribution is -2.55. The van der Waals surface area contributed by atoms with Gasteiger partial charge in [0, 0.05) is 0 Å². The zero-order valence-corrected chi connectivity index (χ0v) is 21.1. The van der Waals surface area contributed by atoms with Gasteiger partial charge in [-0.3, -0.25) is 0 Å². The minimum absolute atomic E-state index is 0.210. The van der Waals surface area contributed by atoms with Crippen molar-refractivity contribution < 1.29 is 9.31 Å². The normalized spacial score (nSPS) is 16.5. The van der Waals surface area contributed by atoms with Gasteiger partial charge in [-0.25, -0.2) is 0 Å². The molecule has 4 aromatic rings. The van der Waals surface area contributed by atoms with E-state index in [0.29, 0.717) is 16.5 Å². The van der Waals surface area contributed by atoms with Crippen molar-refractivity contribution >= 4 is 89.9 Å². The zero-order chi connectivity index (χ0) is 26.0. The number of fused-ring (bicyclic) bond motifs is 1. The highest BCUT2D eigenvalue weighted by Crippen LogP contribution is 2.37. The molecule has 1 saturated heterocycles. The van der Waals surface area contributed by atoms with Gasteiger partial charge >= 0.3 is 7.12 Å². The Balaban J connectivity index is 1.51. The van der Waals surface area contributed by atoms with Crippen LogP contribution in [0, 0.1) is 0 Å². The van der Waals surface area contributed by atoms with Crippen LogP contribution in [-0.4, -0.2) is 57.6 Å². The van der Waals surface area contributed by atoms with Crippen molar-refractivity contribution in [3.05, 3.63) is 60.7 Å². The molecule has 1 fully saturated rings. The average Bonchev–Trinajstić information content (AvgIpc) is 3.08. The molecule has 0 aromatic heterocycles. The quantitative estimate of drug-likeness (QED) is 0.418. The van der Waals surface area contributed by atoms with Gasteiger partial charge in [-0.2, -0.15) is 0 Å². The second kappa shape index (κ2) is 8.78. The third kappa shape index (κ3) is 4.09. The average molecular weight is 455 g/mol. The molecule has 0 bridgehead atoms. The van der Waals surface area contributed by atoms with Crippen molar-refractivity contribution in [2.45, 2.75) is 38.9 Å². The Labute approximate surface area is 220 Å². The van der Waals surface area contributed by atoms with Gasteiger partial charge in [-0.15, -0.1) is 16.4 Å². The lowest BCUT2D eigenvalue weighted by molar-refractivity contribution is 0.00578. The first kappa shape index (κ1) is 25.1. The van der Waals surface area contributed by atoms with Crippen molar-refractivity contribution in [3.63, 3.8) is 0 Å². The van der Waals surface area contributed by atoms with Gasteiger partial charge in [0.05, 0.1) is 11.2 Å². The highest BCUT2D eigenvalue weighted by atomic mass is 16.7. The molecule has 0 spiro atoms. The molecule has 0 unspecified atom stereocenters. The molecule has 1 aliphatic rings. The second-order valence-electron chi connectivity index (χ2n) is 10.4. The van der Waals surface area contributed by atoms with Crippen molar-refractivity contribution in [2.75, 3.05) is 0 Å². The Morgan fingerprint density at radius 1 is 0.556 bits per heavy atom. The summed E-state index contributed by atoms with van der Waals surface area (Å²) in [5.41, 5.74) is 5.17. The lowest BCUT2D eigenvalue weighted by atomic mass is 9.59. The summed E-state index contributed by atoms with van der Waals surface area (Å²) in [6, 6.07) is 20.6. The van der Waals surface area contributed by atoms with E-state index in [2.05, 4.69) is 58.0 Å². The minimum Gasteiger partial charge on any atom is -0.399 e. The van der Waals surface area contributed by atoms with E-state index in [1.54, 1.807) is 0 Å². The predicted molar refractivity (Wildman–Crippen MR) is 157 cm³/mol. The number of rotatable bonds is 3. The first-order valence-corrected chi connectivity index (χ1v) is 11.9. The molecule has 36 heavy (non-hydrogen) atoms. The predicted octanol–water partition coefficient (Wildman–Crippen LogP) is 0.442. The molecule has 1 aliphatic heterocycles. The van der Waals surface area contributed by atoms with Gasteiger partial charge in [-0.05, 0) is 78.3 Å². The maximum atomic E-state index is 6.27. The molecular formula is C28H22B6O2. The molecule has 1 heterocycles. The molecule has 10 radical (unpaired) electrons. The largest absolute Gasteiger partial charge is 0.494 e. The fraction of sp³-hybridized carbons (Fsp3) is 0.214. The van der Waals surface area contributed by atoms with Gasteiger partial charge in [-0.1, -0.05) is 59.5 Å². The van der Waals surface area contributed by atoms with Crippen LogP contribution in [0.5, 0.6) is 0 Å². The van der Waals surface area contributed by atoms with Crippen LogP contribution in [0.3, 0.4) is 0 Å². The molecule has 164 valence electrons. The van der Waals surface area contributed by atoms with Crippen LogP contribution in [0.4, 0.5) is 0 Å². The first-order valence-electron chi connectivity index (χ1n) is 11.9. The number of hydrogen-bond acceptors (Lipinski definition) is 2. The molecule has 0 amide bonds. The fourth-order valence-electron chi connectivity index (χ4n) is 4.59. The van der Waals surface area contributed by atoms with Gasteiger partial charge in [0.25, 0.3) is 0 Å².